The molecule has 0 aromatic rings. The van der Waals surface area contributed by atoms with Crippen molar-refractivity contribution in [1.82, 2.24) is 4.90 Å². The van der Waals surface area contributed by atoms with Gasteiger partial charge in [0, 0.05) is 61.6 Å². The summed E-state index contributed by atoms with van der Waals surface area (Å²) in [5.41, 5.74) is -1.14. The summed E-state index contributed by atoms with van der Waals surface area (Å²) in [4.78, 5) is 87.5. The fraction of sp³-hybridized carbons (Fsp3) is 0.742. The summed E-state index contributed by atoms with van der Waals surface area (Å²) in [7, 11) is 0. The molecule has 0 saturated carbocycles. The van der Waals surface area contributed by atoms with E-state index in [1.54, 1.807) is 0 Å². The Morgan fingerprint density at radius 2 is 0.941 bits per heavy atom. The van der Waals surface area contributed by atoms with Crippen molar-refractivity contribution >= 4 is 70.1 Å². The first kappa shape index (κ1) is 43.6. The van der Waals surface area contributed by atoms with Crippen molar-refractivity contribution in [2.75, 3.05) is 26.3 Å². The molecule has 2 aliphatic heterocycles. The lowest BCUT2D eigenvalue weighted by atomic mass is 9.96. The number of ether oxygens (including phenoxy) is 10. The lowest BCUT2D eigenvalue weighted by Gasteiger charge is -2.48. The number of carbonyl (C=O) groups is 7. The predicted molar refractivity (Wildman–Crippen MR) is 176 cm³/mol. The van der Waals surface area contributed by atoms with Crippen LogP contribution in [0.2, 0.25) is 0 Å². The van der Waals surface area contributed by atoms with Gasteiger partial charge in [-0.1, -0.05) is 24.0 Å². The average Bonchev–Trinajstić information content (AvgIpc) is 3.00. The van der Waals surface area contributed by atoms with Gasteiger partial charge in [-0.15, -0.1) is 0 Å². The third kappa shape index (κ3) is 13.5. The normalized spacial score (nSPS) is 28.6. The van der Waals surface area contributed by atoms with Crippen LogP contribution in [0.1, 0.15) is 62.3 Å². The molecule has 18 nitrogen and oxygen atoms in total. The standard InChI is InChI=1S/C31H45NO17S2/c1-10-32(11-2)31(50)51-30-28(46-20(9)39)26(44-18(7)37)24(22(48-30)13-41-15(4)34)49-29-27(45-19(8)38)25(43-17(6)36)23(42-16(5)35)21(47-29)12-40-14(3)33/h21-30H,10-13H2,1-9H3/t21-,22-,23+,24-,25+,26+,27-,28-,29+,30+/m1/s1. The first-order valence-corrected chi connectivity index (χ1v) is 17.2. The van der Waals surface area contributed by atoms with Crippen molar-refractivity contribution < 1.29 is 80.9 Å². The van der Waals surface area contributed by atoms with Gasteiger partial charge in [0.15, 0.2) is 42.2 Å². The van der Waals surface area contributed by atoms with Crippen LogP contribution < -0.4 is 0 Å². The van der Waals surface area contributed by atoms with E-state index in [2.05, 4.69) is 0 Å². The van der Waals surface area contributed by atoms with E-state index in [-0.39, 0.29) is 0 Å². The first-order valence-electron chi connectivity index (χ1n) is 15.9. The fourth-order valence-electron chi connectivity index (χ4n) is 5.22. The Labute approximate surface area is 304 Å². The molecular formula is C31H45NO17S2. The topological polar surface area (TPSA) is 215 Å². The highest BCUT2D eigenvalue weighted by Gasteiger charge is 2.57. The maximum absolute atomic E-state index is 12.6. The maximum Gasteiger partial charge on any atom is 0.303 e. The van der Waals surface area contributed by atoms with Crippen LogP contribution in [0.5, 0.6) is 0 Å². The zero-order chi connectivity index (χ0) is 38.6. The van der Waals surface area contributed by atoms with Crippen molar-refractivity contribution in [3.8, 4) is 0 Å². The molecule has 0 bridgehead atoms. The third-order valence-corrected chi connectivity index (χ3v) is 8.74. The number of carbonyl (C=O) groups excluding carboxylic acids is 7. The van der Waals surface area contributed by atoms with Crippen molar-refractivity contribution in [2.45, 2.75) is 123 Å². The van der Waals surface area contributed by atoms with E-state index < -0.39 is 116 Å². The summed E-state index contributed by atoms with van der Waals surface area (Å²) in [6.45, 7) is 11.4. The lowest BCUT2D eigenvalue weighted by Crippen LogP contribution is -2.67. The smallest absolute Gasteiger partial charge is 0.303 e. The number of thioether (sulfide) groups is 1. The van der Waals surface area contributed by atoms with Crippen LogP contribution in [0.4, 0.5) is 0 Å². The Morgan fingerprint density at radius 1 is 0.549 bits per heavy atom. The van der Waals surface area contributed by atoms with Crippen molar-refractivity contribution in [3.05, 3.63) is 0 Å². The SMILES string of the molecule is CCN(CC)C(=S)S[C@@H]1O[C@H](COC(C)=O)[C@@H](O[C@@H]2O[C@H](COC(C)=O)[C@H](OC(C)=O)[C@H](OC(C)=O)[C@H]2OC(C)=O)[C@H](OC(C)=O)[C@H]1OC(C)=O. The van der Waals surface area contributed by atoms with E-state index in [0.29, 0.717) is 17.4 Å². The predicted octanol–water partition coefficient (Wildman–Crippen LogP) is 0.966. The summed E-state index contributed by atoms with van der Waals surface area (Å²) in [6, 6.07) is 0. The highest BCUT2D eigenvalue weighted by Crippen LogP contribution is 2.38. The van der Waals surface area contributed by atoms with Gasteiger partial charge >= 0.3 is 41.8 Å². The number of thiocarbonyl (C=S) groups is 1. The van der Waals surface area contributed by atoms with Crippen LogP contribution in [0.3, 0.4) is 0 Å². The van der Waals surface area contributed by atoms with Crippen molar-refractivity contribution in [2.24, 2.45) is 0 Å². The molecule has 0 aromatic carbocycles. The Kier molecular flexibility index (Phi) is 17.5. The Bertz CT molecular complexity index is 1290. The van der Waals surface area contributed by atoms with Crippen LogP contribution in [0.25, 0.3) is 0 Å². The summed E-state index contributed by atoms with van der Waals surface area (Å²) < 4.78 is 57.2. The molecule has 0 radical (unpaired) electrons. The molecular weight excluding hydrogens is 722 g/mol. The molecule has 0 aliphatic carbocycles. The quantitative estimate of drug-likeness (QED) is 0.137. The molecule has 2 saturated heterocycles. The minimum absolute atomic E-state index is 0.355. The van der Waals surface area contributed by atoms with Gasteiger partial charge in [0.1, 0.15) is 35.8 Å². The van der Waals surface area contributed by atoms with Crippen LogP contribution >= 0.6 is 24.0 Å². The second kappa shape index (κ2) is 20.4. The summed E-state index contributed by atoms with van der Waals surface area (Å²) >= 11 is 6.61. The Hall–Kier alpha value is -3.59. The molecule has 2 aliphatic rings. The van der Waals surface area contributed by atoms with Gasteiger partial charge in [-0.05, 0) is 13.8 Å². The molecule has 0 amide bonds. The van der Waals surface area contributed by atoms with Gasteiger partial charge in [-0.3, -0.25) is 33.6 Å². The van der Waals surface area contributed by atoms with Gasteiger partial charge in [0.2, 0.25) is 0 Å². The van der Waals surface area contributed by atoms with Gasteiger partial charge < -0.3 is 52.3 Å². The molecule has 288 valence electrons. The highest BCUT2D eigenvalue weighted by molar-refractivity contribution is 8.23. The monoisotopic (exact) mass is 767 g/mol. The molecule has 51 heavy (non-hydrogen) atoms. The molecule has 0 N–H and O–H groups in total. The Morgan fingerprint density at radius 3 is 1.37 bits per heavy atom. The number of esters is 7. The second-order valence-electron chi connectivity index (χ2n) is 11.2. The minimum Gasteiger partial charge on any atom is -0.463 e. The van der Waals surface area contributed by atoms with E-state index in [9.17, 15) is 33.6 Å². The largest absolute Gasteiger partial charge is 0.463 e. The molecule has 2 rings (SSSR count). The summed E-state index contributed by atoms with van der Waals surface area (Å²) in [6.07, 6.45) is -13.7. The van der Waals surface area contributed by atoms with Crippen LogP contribution in [-0.2, 0) is 80.9 Å². The zero-order valence-corrected chi connectivity index (χ0v) is 31.4. The maximum atomic E-state index is 12.6. The number of rotatable bonds is 14. The molecule has 0 aromatic heterocycles. The summed E-state index contributed by atoms with van der Waals surface area (Å²) in [5.74, 6) is -5.70. The van der Waals surface area contributed by atoms with Crippen molar-refractivity contribution in [3.63, 3.8) is 0 Å². The fourth-order valence-corrected chi connectivity index (χ4v) is 6.91. The van der Waals surface area contributed by atoms with Crippen LogP contribution in [0.15, 0.2) is 0 Å². The molecule has 0 spiro atoms. The molecule has 2 heterocycles. The third-order valence-electron chi connectivity index (χ3n) is 7.12. The van der Waals surface area contributed by atoms with E-state index in [1.165, 1.54) is 0 Å². The zero-order valence-electron chi connectivity index (χ0n) is 29.8. The molecule has 20 heteroatoms. The number of nitrogens with zero attached hydrogens (tertiary/aromatic N) is 1. The van der Waals surface area contributed by atoms with E-state index >= 15 is 0 Å². The van der Waals surface area contributed by atoms with Crippen LogP contribution in [-0.4, -0.2) is 138 Å². The number of hydrogen-bond acceptors (Lipinski definition) is 19. The first-order chi connectivity index (χ1) is 23.9. The second-order valence-corrected chi connectivity index (χ2v) is 13.0. The van der Waals surface area contributed by atoms with Gasteiger partial charge in [-0.25, -0.2) is 0 Å². The average molecular weight is 768 g/mol. The molecule has 10 atom stereocenters. The van der Waals surface area contributed by atoms with Gasteiger partial charge in [0.05, 0.1) is 0 Å². The van der Waals surface area contributed by atoms with Gasteiger partial charge in [0.25, 0.3) is 0 Å². The van der Waals surface area contributed by atoms with E-state index in [4.69, 9.17) is 59.6 Å². The van der Waals surface area contributed by atoms with Gasteiger partial charge in [-0.2, -0.15) is 0 Å². The lowest BCUT2D eigenvalue weighted by molar-refractivity contribution is -0.341. The number of hydrogen-bond donors (Lipinski definition) is 0. The Balaban J connectivity index is 2.76. The highest BCUT2D eigenvalue weighted by atomic mass is 32.2. The minimum atomic E-state index is -1.77. The van der Waals surface area contributed by atoms with E-state index in [1.807, 2.05) is 18.7 Å². The van der Waals surface area contributed by atoms with E-state index in [0.717, 1.165) is 60.2 Å². The molecule has 0 unspecified atom stereocenters. The van der Waals surface area contributed by atoms with Crippen molar-refractivity contribution in [1.29, 1.82) is 0 Å². The summed E-state index contributed by atoms with van der Waals surface area (Å²) in [5, 5.41) is 0. The van der Waals surface area contributed by atoms with Crippen LogP contribution in [0, 0.1) is 0 Å². The molecule has 2 fully saturated rings.